The Morgan fingerprint density at radius 3 is 2.67 bits per heavy atom. The van der Waals surface area contributed by atoms with Gasteiger partial charge in [0.15, 0.2) is 0 Å². The lowest BCUT2D eigenvalue weighted by molar-refractivity contribution is 0.309. The van der Waals surface area contributed by atoms with Gasteiger partial charge in [-0.25, -0.2) is 4.98 Å². The third-order valence-electron chi connectivity index (χ3n) is 3.56. The van der Waals surface area contributed by atoms with E-state index in [9.17, 15) is 0 Å². The third-order valence-corrected chi connectivity index (χ3v) is 3.56. The molecule has 0 amide bonds. The molecule has 1 heterocycles. The van der Waals surface area contributed by atoms with Gasteiger partial charge in [0.25, 0.3) is 0 Å². The van der Waals surface area contributed by atoms with Crippen LogP contribution >= 0.6 is 0 Å². The molecule has 0 fully saturated rings. The van der Waals surface area contributed by atoms with Gasteiger partial charge in [0, 0.05) is 25.9 Å². The van der Waals surface area contributed by atoms with Crippen LogP contribution in [0.1, 0.15) is 37.2 Å². The maximum absolute atomic E-state index is 5.69. The summed E-state index contributed by atoms with van der Waals surface area (Å²) in [5.74, 6) is 7.59. The molecule has 2 rings (SSSR count). The van der Waals surface area contributed by atoms with E-state index in [-0.39, 0.29) is 6.04 Å². The molecule has 1 aromatic heterocycles. The van der Waals surface area contributed by atoms with E-state index in [0.717, 1.165) is 43.0 Å². The summed E-state index contributed by atoms with van der Waals surface area (Å²) in [7, 11) is 1.99. The monoisotopic (exact) mass is 288 g/mol. The highest BCUT2D eigenvalue weighted by Crippen LogP contribution is 2.20. The molecule has 1 atom stereocenters. The highest BCUT2D eigenvalue weighted by atomic mass is 16.5. The number of unbranched alkanes of at least 4 members (excludes halogenated alkanes) is 1. The van der Waals surface area contributed by atoms with Crippen molar-refractivity contribution in [3.05, 3.63) is 48.0 Å². The Kier molecular flexibility index (Phi) is 5.78. The van der Waals surface area contributed by atoms with Crippen LogP contribution in [-0.2, 0) is 13.5 Å². The van der Waals surface area contributed by atoms with Crippen molar-refractivity contribution in [2.24, 2.45) is 12.9 Å². The predicted molar refractivity (Wildman–Crippen MR) is 83.8 cm³/mol. The molecule has 5 nitrogen and oxygen atoms in total. The van der Waals surface area contributed by atoms with Gasteiger partial charge in [-0.05, 0) is 24.1 Å². The van der Waals surface area contributed by atoms with Gasteiger partial charge in [-0.15, -0.1) is 0 Å². The van der Waals surface area contributed by atoms with Crippen molar-refractivity contribution in [1.29, 1.82) is 0 Å². The maximum Gasteiger partial charge on any atom is 0.119 e. The van der Waals surface area contributed by atoms with Crippen molar-refractivity contribution < 1.29 is 4.74 Å². The molecule has 0 radical (unpaired) electrons. The molecule has 5 heteroatoms. The Balaban J connectivity index is 2.00. The molecule has 0 aliphatic rings. The minimum atomic E-state index is 0.0378. The van der Waals surface area contributed by atoms with Crippen molar-refractivity contribution in [2.45, 2.75) is 32.2 Å². The average Bonchev–Trinajstić information content (AvgIpc) is 2.91. The lowest BCUT2D eigenvalue weighted by Gasteiger charge is -2.16. The maximum atomic E-state index is 5.69. The number of nitrogens with two attached hydrogens (primary N) is 1. The summed E-state index contributed by atoms with van der Waals surface area (Å²) < 4.78 is 7.68. The van der Waals surface area contributed by atoms with Crippen LogP contribution in [-0.4, -0.2) is 16.2 Å². The quantitative estimate of drug-likeness (QED) is 0.444. The zero-order valence-electron chi connectivity index (χ0n) is 12.7. The number of aryl methyl sites for hydroxylation is 1. The number of nitrogens with zero attached hydrogens (tertiary/aromatic N) is 2. The van der Waals surface area contributed by atoms with Gasteiger partial charge in [-0.3, -0.25) is 11.3 Å². The summed E-state index contributed by atoms with van der Waals surface area (Å²) in [6.45, 7) is 2.92. The zero-order chi connectivity index (χ0) is 15.1. The van der Waals surface area contributed by atoms with Crippen LogP contribution in [0, 0.1) is 0 Å². The molecule has 0 saturated carbocycles. The van der Waals surface area contributed by atoms with E-state index < -0.39 is 0 Å². The molecule has 114 valence electrons. The minimum absolute atomic E-state index is 0.0378. The van der Waals surface area contributed by atoms with E-state index in [2.05, 4.69) is 29.5 Å². The average molecular weight is 288 g/mol. The van der Waals surface area contributed by atoms with Crippen molar-refractivity contribution in [1.82, 2.24) is 15.0 Å². The zero-order valence-corrected chi connectivity index (χ0v) is 12.7. The normalized spacial score (nSPS) is 12.3. The van der Waals surface area contributed by atoms with Gasteiger partial charge in [-0.2, -0.15) is 0 Å². The van der Waals surface area contributed by atoms with E-state index in [1.54, 1.807) is 6.20 Å². The number of imidazole rings is 1. The van der Waals surface area contributed by atoms with Crippen LogP contribution in [0.5, 0.6) is 5.75 Å². The molecule has 0 saturated heterocycles. The summed E-state index contributed by atoms with van der Waals surface area (Å²) >= 11 is 0. The number of nitrogens with one attached hydrogen (secondary N) is 1. The molecule has 0 bridgehead atoms. The van der Waals surface area contributed by atoms with Crippen molar-refractivity contribution in [3.8, 4) is 5.75 Å². The fraction of sp³-hybridized carbons (Fsp3) is 0.438. The summed E-state index contributed by atoms with van der Waals surface area (Å²) in [5, 5.41) is 0. The fourth-order valence-electron chi connectivity index (χ4n) is 2.18. The molecule has 0 aliphatic heterocycles. The van der Waals surface area contributed by atoms with Gasteiger partial charge in [0.05, 0.1) is 12.6 Å². The van der Waals surface area contributed by atoms with Gasteiger partial charge in [0.2, 0.25) is 0 Å². The molecule has 0 aliphatic carbocycles. The summed E-state index contributed by atoms with van der Waals surface area (Å²) in [5.41, 5.74) is 3.99. The predicted octanol–water partition coefficient (Wildman–Crippen LogP) is 2.35. The first-order valence-electron chi connectivity index (χ1n) is 7.39. The van der Waals surface area contributed by atoms with Crippen molar-refractivity contribution in [3.63, 3.8) is 0 Å². The first-order chi connectivity index (χ1) is 10.2. The molecule has 1 unspecified atom stereocenters. The van der Waals surface area contributed by atoms with E-state index in [1.807, 2.05) is 29.9 Å². The minimum Gasteiger partial charge on any atom is -0.494 e. The third kappa shape index (κ3) is 4.31. The van der Waals surface area contributed by atoms with Crippen LogP contribution in [0.4, 0.5) is 0 Å². The molecule has 0 spiro atoms. The number of ether oxygens (including phenoxy) is 1. The van der Waals surface area contributed by atoms with Crippen molar-refractivity contribution >= 4 is 0 Å². The van der Waals surface area contributed by atoms with Crippen LogP contribution in [0.2, 0.25) is 0 Å². The molecule has 1 aromatic carbocycles. The fourth-order valence-corrected chi connectivity index (χ4v) is 2.18. The Morgan fingerprint density at radius 2 is 2.10 bits per heavy atom. The SMILES string of the molecule is CCCCOc1ccc(C(Cc2nccn2C)NN)cc1. The highest BCUT2D eigenvalue weighted by molar-refractivity contribution is 5.29. The van der Waals surface area contributed by atoms with Gasteiger partial charge in [-0.1, -0.05) is 25.5 Å². The summed E-state index contributed by atoms with van der Waals surface area (Å²) in [6.07, 6.45) is 6.70. The Bertz CT molecular complexity index is 535. The smallest absolute Gasteiger partial charge is 0.119 e. The number of hydrogen-bond acceptors (Lipinski definition) is 4. The van der Waals surface area contributed by atoms with E-state index in [1.165, 1.54) is 0 Å². The second-order valence-corrected chi connectivity index (χ2v) is 5.15. The molecular formula is C16H24N4O. The first kappa shape index (κ1) is 15.5. The second-order valence-electron chi connectivity index (χ2n) is 5.15. The van der Waals surface area contributed by atoms with E-state index in [4.69, 9.17) is 10.6 Å². The van der Waals surface area contributed by atoms with Crippen LogP contribution in [0.15, 0.2) is 36.7 Å². The first-order valence-corrected chi connectivity index (χ1v) is 7.39. The van der Waals surface area contributed by atoms with E-state index >= 15 is 0 Å². The Labute approximate surface area is 126 Å². The number of aromatic nitrogens is 2. The number of rotatable bonds is 8. The largest absolute Gasteiger partial charge is 0.494 e. The van der Waals surface area contributed by atoms with Crippen molar-refractivity contribution in [2.75, 3.05) is 6.61 Å². The highest BCUT2D eigenvalue weighted by Gasteiger charge is 2.13. The molecule has 3 N–H and O–H groups in total. The Morgan fingerprint density at radius 1 is 1.33 bits per heavy atom. The van der Waals surface area contributed by atoms with Crippen LogP contribution in [0.25, 0.3) is 0 Å². The Hall–Kier alpha value is -1.85. The van der Waals surface area contributed by atoms with Gasteiger partial charge in [0.1, 0.15) is 11.6 Å². The molecule has 2 aromatic rings. The lowest BCUT2D eigenvalue weighted by Crippen LogP contribution is -2.30. The number of hydrogen-bond donors (Lipinski definition) is 2. The lowest BCUT2D eigenvalue weighted by atomic mass is 10.0. The number of hydrazine groups is 1. The topological polar surface area (TPSA) is 65.1 Å². The summed E-state index contributed by atoms with van der Waals surface area (Å²) in [4.78, 5) is 4.34. The van der Waals surface area contributed by atoms with E-state index in [0.29, 0.717) is 0 Å². The van der Waals surface area contributed by atoms with Gasteiger partial charge < -0.3 is 9.30 Å². The van der Waals surface area contributed by atoms with Crippen LogP contribution < -0.4 is 16.0 Å². The van der Waals surface area contributed by atoms with Crippen LogP contribution in [0.3, 0.4) is 0 Å². The van der Waals surface area contributed by atoms with Gasteiger partial charge >= 0.3 is 0 Å². The number of benzene rings is 1. The standard InChI is InChI=1S/C16H24N4O/c1-3-4-11-21-14-7-5-13(6-8-14)15(19-17)12-16-18-9-10-20(16)2/h5-10,15,19H,3-4,11-12,17H2,1-2H3. The second kappa shape index (κ2) is 7.81. The molecular weight excluding hydrogens is 264 g/mol. The summed E-state index contributed by atoms with van der Waals surface area (Å²) in [6, 6.07) is 8.13. The molecule has 21 heavy (non-hydrogen) atoms.